The van der Waals surface area contributed by atoms with Crippen molar-refractivity contribution in [2.75, 3.05) is 14.1 Å². The molecule has 1 aromatic rings. The van der Waals surface area contributed by atoms with Gasteiger partial charge in [-0.05, 0) is 19.1 Å². The minimum atomic E-state index is -0.349. The van der Waals surface area contributed by atoms with Gasteiger partial charge in [-0.1, -0.05) is 0 Å². The number of nitrogens with two attached hydrogens (primary N) is 1. The summed E-state index contributed by atoms with van der Waals surface area (Å²) in [6.45, 7) is 1.85. The van der Waals surface area contributed by atoms with Gasteiger partial charge in [-0.3, -0.25) is 4.79 Å². The number of carbonyl (C=O) groups excluding carboxylic acids is 1. The lowest BCUT2D eigenvalue weighted by Gasteiger charge is -2.13. The number of aryl methyl sites for hydroxylation is 1. The second-order valence-electron chi connectivity index (χ2n) is 3.55. The maximum atomic E-state index is 11.3. The van der Waals surface area contributed by atoms with E-state index in [9.17, 15) is 4.79 Å². The van der Waals surface area contributed by atoms with Crippen LogP contribution >= 0.6 is 0 Å². The maximum Gasteiger partial charge on any atom is 0.224 e. The third kappa shape index (κ3) is 2.60. The fourth-order valence-corrected chi connectivity index (χ4v) is 1.12. The zero-order chi connectivity index (χ0) is 10.7. The topological polar surface area (TPSA) is 59.5 Å². The third-order valence-electron chi connectivity index (χ3n) is 2.02. The molecule has 0 radical (unpaired) electrons. The molecule has 4 heteroatoms. The molecule has 14 heavy (non-hydrogen) atoms. The van der Waals surface area contributed by atoms with E-state index in [0.29, 0.717) is 5.76 Å². The van der Waals surface area contributed by atoms with E-state index >= 15 is 0 Å². The quantitative estimate of drug-likeness (QED) is 0.786. The molecule has 1 amide bonds. The summed E-state index contributed by atoms with van der Waals surface area (Å²) in [7, 11) is 3.42. The second kappa shape index (κ2) is 4.28. The molecule has 0 spiro atoms. The van der Waals surface area contributed by atoms with Crippen molar-refractivity contribution in [1.29, 1.82) is 0 Å². The van der Waals surface area contributed by atoms with Crippen molar-refractivity contribution in [1.82, 2.24) is 4.90 Å². The third-order valence-corrected chi connectivity index (χ3v) is 2.02. The first-order valence-electron chi connectivity index (χ1n) is 4.52. The molecular weight excluding hydrogens is 180 g/mol. The minimum absolute atomic E-state index is 0.00607. The van der Waals surface area contributed by atoms with E-state index in [2.05, 4.69) is 0 Å². The van der Waals surface area contributed by atoms with Gasteiger partial charge in [0.1, 0.15) is 11.5 Å². The maximum absolute atomic E-state index is 11.3. The average Bonchev–Trinajstić information content (AvgIpc) is 2.51. The van der Waals surface area contributed by atoms with Crippen molar-refractivity contribution in [2.45, 2.75) is 19.4 Å². The van der Waals surface area contributed by atoms with Crippen LogP contribution in [0, 0.1) is 6.92 Å². The fourth-order valence-electron chi connectivity index (χ4n) is 1.12. The molecule has 78 valence electrons. The van der Waals surface area contributed by atoms with Crippen molar-refractivity contribution in [2.24, 2.45) is 5.73 Å². The smallest absolute Gasteiger partial charge is 0.224 e. The Balaban J connectivity index is 2.59. The van der Waals surface area contributed by atoms with Crippen molar-refractivity contribution < 1.29 is 9.21 Å². The largest absolute Gasteiger partial charge is 0.465 e. The van der Waals surface area contributed by atoms with Crippen molar-refractivity contribution in [3.8, 4) is 0 Å². The Labute approximate surface area is 83.7 Å². The molecule has 1 aromatic heterocycles. The van der Waals surface area contributed by atoms with Crippen LogP contribution < -0.4 is 5.73 Å². The van der Waals surface area contributed by atoms with Gasteiger partial charge in [0.05, 0.1) is 6.04 Å². The molecular formula is C10H16N2O2. The Morgan fingerprint density at radius 1 is 1.57 bits per heavy atom. The molecule has 0 saturated carbocycles. The molecule has 0 aliphatic carbocycles. The molecule has 1 rings (SSSR count). The standard InChI is InChI=1S/C10H16N2O2/c1-7-4-5-9(14-7)8(11)6-10(13)12(2)3/h4-5,8H,6,11H2,1-3H3. The van der Waals surface area contributed by atoms with Crippen molar-refractivity contribution in [3.05, 3.63) is 23.7 Å². The molecule has 0 aliphatic heterocycles. The lowest BCUT2D eigenvalue weighted by molar-refractivity contribution is -0.129. The van der Waals surface area contributed by atoms with Gasteiger partial charge in [-0.25, -0.2) is 0 Å². The minimum Gasteiger partial charge on any atom is -0.465 e. The molecule has 4 nitrogen and oxygen atoms in total. The Bertz CT molecular complexity index is 318. The van der Waals surface area contributed by atoms with Gasteiger partial charge in [-0.2, -0.15) is 0 Å². The van der Waals surface area contributed by atoms with E-state index in [1.807, 2.05) is 19.1 Å². The molecule has 2 N–H and O–H groups in total. The Morgan fingerprint density at radius 3 is 2.64 bits per heavy atom. The molecule has 1 heterocycles. The van der Waals surface area contributed by atoms with Gasteiger partial charge >= 0.3 is 0 Å². The number of hydrogen-bond donors (Lipinski definition) is 1. The molecule has 0 aromatic carbocycles. The Kier molecular flexibility index (Phi) is 3.30. The van der Waals surface area contributed by atoms with E-state index in [1.54, 1.807) is 14.1 Å². The predicted molar refractivity (Wildman–Crippen MR) is 53.7 cm³/mol. The molecule has 0 fully saturated rings. The molecule has 1 atom stereocenters. The first-order valence-corrected chi connectivity index (χ1v) is 4.52. The normalized spacial score (nSPS) is 12.6. The van der Waals surface area contributed by atoms with Crippen LogP contribution in [-0.4, -0.2) is 24.9 Å². The van der Waals surface area contributed by atoms with Gasteiger partial charge in [0, 0.05) is 20.5 Å². The molecule has 0 saturated heterocycles. The summed E-state index contributed by atoms with van der Waals surface area (Å²) in [6.07, 6.45) is 0.278. The number of hydrogen-bond acceptors (Lipinski definition) is 3. The van der Waals surface area contributed by atoms with E-state index in [0.717, 1.165) is 5.76 Å². The lowest BCUT2D eigenvalue weighted by Crippen LogP contribution is -2.26. The molecule has 0 bridgehead atoms. The van der Waals surface area contributed by atoms with Crippen LogP contribution in [0.3, 0.4) is 0 Å². The number of amides is 1. The molecule has 0 aliphatic rings. The van der Waals surface area contributed by atoms with Crippen LogP contribution in [-0.2, 0) is 4.79 Å². The number of carbonyl (C=O) groups is 1. The van der Waals surface area contributed by atoms with Crippen LogP contribution in [0.1, 0.15) is 24.0 Å². The fraction of sp³-hybridized carbons (Fsp3) is 0.500. The first kappa shape index (κ1) is 10.8. The summed E-state index contributed by atoms with van der Waals surface area (Å²) in [5.41, 5.74) is 5.81. The van der Waals surface area contributed by atoms with Gasteiger partial charge in [0.2, 0.25) is 5.91 Å². The summed E-state index contributed by atoms with van der Waals surface area (Å²) in [5.74, 6) is 1.48. The highest BCUT2D eigenvalue weighted by Crippen LogP contribution is 2.17. The van der Waals surface area contributed by atoms with Crippen LogP contribution in [0.4, 0.5) is 0 Å². The Hall–Kier alpha value is -1.29. The van der Waals surface area contributed by atoms with E-state index in [1.165, 1.54) is 4.90 Å². The van der Waals surface area contributed by atoms with Gasteiger partial charge < -0.3 is 15.1 Å². The number of rotatable bonds is 3. The van der Waals surface area contributed by atoms with Gasteiger partial charge in [0.15, 0.2) is 0 Å². The van der Waals surface area contributed by atoms with E-state index < -0.39 is 0 Å². The SMILES string of the molecule is Cc1ccc(C(N)CC(=O)N(C)C)o1. The summed E-state index contributed by atoms with van der Waals surface area (Å²) in [5, 5.41) is 0. The zero-order valence-electron chi connectivity index (χ0n) is 8.78. The molecule has 1 unspecified atom stereocenters. The second-order valence-corrected chi connectivity index (χ2v) is 3.55. The first-order chi connectivity index (χ1) is 6.50. The summed E-state index contributed by atoms with van der Waals surface area (Å²) in [4.78, 5) is 12.9. The highest BCUT2D eigenvalue weighted by Gasteiger charge is 2.15. The van der Waals surface area contributed by atoms with E-state index in [-0.39, 0.29) is 18.4 Å². The van der Waals surface area contributed by atoms with Crippen LogP contribution in [0.15, 0.2) is 16.5 Å². The summed E-state index contributed by atoms with van der Waals surface area (Å²) < 4.78 is 5.33. The van der Waals surface area contributed by atoms with Gasteiger partial charge in [-0.15, -0.1) is 0 Å². The summed E-state index contributed by atoms with van der Waals surface area (Å²) >= 11 is 0. The number of nitrogens with zero attached hydrogens (tertiary/aromatic N) is 1. The number of furan rings is 1. The van der Waals surface area contributed by atoms with Crippen LogP contribution in [0.25, 0.3) is 0 Å². The van der Waals surface area contributed by atoms with Crippen LogP contribution in [0.5, 0.6) is 0 Å². The van der Waals surface area contributed by atoms with Gasteiger partial charge in [0.25, 0.3) is 0 Å². The Morgan fingerprint density at radius 2 is 2.21 bits per heavy atom. The predicted octanol–water partition coefficient (Wildman–Crippen LogP) is 1.07. The monoisotopic (exact) mass is 196 g/mol. The lowest BCUT2D eigenvalue weighted by atomic mass is 10.1. The van der Waals surface area contributed by atoms with Crippen molar-refractivity contribution in [3.63, 3.8) is 0 Å². The summed E-state index contributed by atoms with van der Waals surface area (Å²) in [6, 6.07) is 3.30. The van der Waals surface area contributed by atoms with Crippen LogP contribution in [0.2, 0.25) is 0 Å². The average molecular weight is 196 g/mol. The van der Waals surface area contributed by atoms with Crippen molar-refractivity contribution >= 4 is 5.91 Å². The zero-order valence-corrected chi connectivity index (χ0v) is 8.78. The highest BCUT2D eigenvalue weighted by atomic mass is 16.3. The highest BCUT2D eigenvalue weighted by molar-refractivity contribution is 5.76. The van der Waals surface area contributed by atoms with E-state index in [4.69, 9.17) is 10.2 Å².